The summed E-state index contributed by atoms with van der Waals surface area (Å²) >= 11 is 0. The first-order valence-corrected chi connectivity index (χ1v) is 7.66. The Hall–Kier alpha value is -2.33. The molecule has 4 nitrogen and oxygen atoms in total. The number of nitrogens with two attached hydrogens (primary N) is 1. The molecular weight excluding hydrogens is 274 g/mol. The van der Waals surface area contributed by atoms with E-state index in [0.29, 0.717) is 13.0 Å². The fraction of sp³-hybridized carbons (Fsp3) is 0.278. The van der Waals surface area contributed by atoms with Crippen LogP contribution in [0.25, 0.3) is 0 Å². The Kier molecular flexibility index (Phi) is 6.45. The van der Waals surface area contributed by atoms with Crippen LogP contribution in [0.1, 0.15) is 18.4 Å². The number of aryl methyl sites for hydroxylation is 1. The van der Waals surface area contributed by atoms with E-state index in [9.17, 15) is 4.79 Å². The molecule has 0 aliphatic carbocycles. The van der Waals surface area contributed by atoms with E-state index in [1.165, 1.54) is 5.56 Å². The number of anilines is 2. The second kappa shape index (κ2) is 8.85. The van der Waals surface area contributed by atoms with E-state index >= 15 is 0 Å². The molecule has 0 aliphatic heterocycles. The lowest BCUT2D eigenvalue weighted by atomic mass is 10.1. The molecule has 0 saturated carbocycles. The van der Waals surface area contributed by atoms with Gasteiger partial charge in [-0.25, -0.2) is 0 Å². The van der Waals surface area contributed by atoms with Gasteiger partial charge in [-0.05, 0) is 42.7 Å². The molecule has 0 unspecified atom stereocenters. The quantitative estimate of drug-likeness (QED) is 0.701. The molecule has 0 saturated heterocycles. The maximum absolute atomic E-state index is 11.9. The van der Waals surface area contributed by atoms with Crippen LogP contribution in [0.15, 0.2) is 54.6 Å². The summed E-state index contributed by atoms with van der Waals surface area (Å²) in [6, 6.07) is 17.9. The van der Waals surface area contributed by atoms with Crippen molar-refractivity contribution in [3.63, 3.8) is 0 Å². The minimum absolute atomic E-state index is 0.0543. The lowest BCUT2D eigenvalue weighted by molar-refractivity contribution is -0.116. The molecule has 2 rings (SSSR count). The summed E-state index contributed by atoms with van der Waals surface area (Å²) in [6.07, 6.45) is 2.31. The first-order valence-electron chi connectivity index (χ1n) is 7.66. The highest BCUT2D eigenvalue weighted by Gasteiger charge is 2.03. The first-order chi connectivity index (χ1) is 10.8. The summed E-state index contributed by atoms with van der Waals surface area (Å²) in [6.45, 7) is 1.34. The number of hydrogen-bond acceptors (Lipinski definition) is 3. The molecule has 116 valence electrons. The SMILES string of the molecule is NCCNc1ccc(NC(=O)CCCc2ccccc2)cc1. The predicted octanol–water partition coefficient (Wildman–Crippen LogP) is 3.02. The van der Waals surface area contributed by atoms with Crippen LogP contribution < -0.4 is 16.4 Å². The van der Waals surface area contributed by atoms with Gasteiger partial charge in [0.1, 0.15) is 0 Å². The second-order valence-corrected chi connectivity index (χ2v) is 5.18. The van der Waals surface area contributed by atoms with Crippen LogP contribution >= 0.6 is 0 Å². The van der Waals surface area contributed by atoms with E-state index in [0.717, 1.165) is 30.8 Å². The maximum atomic E-state index is 11.9. The van der Waals surface area contributed by atoms with Gasteiger partial charge in [0.05, 0.1) is 0 Å². The van der Waals surface area contributed by atoms with E-state index in [1.54, 1.807) is 0 Å². The predicted molar refractivity (Wildman–Crippen MR) is 92.0 cm³/mol. The van der Waals surface area contributed by atoms with Gasteiger partial charge in [0, 0.05) is 30.9 Å². The smallest absolute Gasteiger partial charge is 0.224 e. The fourth-order valence-electron chi connectivity index (χ4n) is 2.21. The largest absolute Gasteiger partial charge is 0.384 e. The van der Waals surface area contributed by atoms with Crippen molar-refractivity contribution in [3.8, 4) is 0 Å². The molecule has 22 heavy (non-hydrogen) atoms. The van der Waals surface area contributed by atoms with Gasteiger partial charge in [-0.1, -0.05) is 30.3 Å². The Bertz CT molecular complexity index is 567. The van der Waals surface area contributed by atoms with Gasteiger partial charge in [-0.15, -0.1) is 0 Å². The summed E-state index contributed by atoms with van der Waals surface area (Å²) < 4.78 is 0. The zero-order chi connectivity index (χ0) is 15.6. The molecule has 0 radical (unpaired) electrons. The maximum Gasteiger partial charge on any atom is 0.224 e. The summed E-state index contributed by atoms with van der Waals surface area (Å²) in [7, 11) is 0. The molecule has 4 heteroatoms. The number of rotatable bonds is 8. The van der Waals surface area contributed by atoms with Crippen molar-refractivity contribution < 1.29 is 4.79 Å². The van der Waals surface area contributed by atoms with Gasteiger partial charge >= 0.3 is 0 Å². The highest BCUT2D eigenvalue weighted by Crippen LogP contribution is 2.14. The Balaban J connectivity index is 1.72. The monoisotopic (exact) mass is 297 g/mol. The van der Waals surface area contributed by atoms with Crippen LogP contribution in [0.3, 0.4) is 0 Å². The zero-order valence-electron chi connectivity index (χ0n) is 12.7. The minimum atomic E-state index is 0.0543. The van der Waals surface area contributed by atoms with Crippen LogP contribution in [0.5, 0.6) is 0 Å². The van der Waals surface area contributed by atoms with E-state index in [4.69, 9.17) is 5.73 Å². The lowest BCUT2D eigenvalue weighted by Gasteiger charge is -2.08. The Morgan fingerprint density at radius 3 is 2.32 bits per heavy atom. The van der Waals surface area contributed by atoms with Crippen molar-refractivity contribution >= 4 is 17.3 Å². The van der Waals surface area contributed by atoms with Crippen molar-refractivity contribution in [2.24, 2.45) is 5.73 Å². The fourth-order valence-corrected chi connectivity index (χ4v) is 2.21. The summed E-state index contributed by atoms with van der Waals surface area (Å²) in [5, 5.41) is 6.11. The first kappa shape index (κ1) is 16.0. The normalized spacial score (nSPS) is 10.2. The van der Waals surface area contributed by atoms with Crippen LogP contribution in [-0.4, -0.2) is 19.0 Å². The standard InChI is InChI=1S/C18H23N3O/c19-13-14-20-16-9-11-17(12-10-16)21-18(22)8-4-7-15-5-2-1-3-6-15/h1-3,5-6,9-12,20H,4,7-8,13-14,19H2,(H,21,22). The van der Waals surface area contributed by atoms with E-state index in [-0.39, 0.29) is 5.91 Å². The summed E-state index contributed by atoms with van der Waals surface area (Å²) in [4.78, 5) is 11.9. The Morgan fingerprint density at radius 2 is 1.64 bits per heavy atom. The number of carbonyl (C=O) groups excluding carboxylic acids is 1. The second-order valence-electron chi connectivity index (χ2n) is 5.18. The minimum Gasteiger partial charge on any atom is -0.384 e. The van der Waals surface area contributed by atoms with E-state index < -0.39 is 0 Å². The third kappa shape index (κ3) is 5.58. The third-order valence-corrected chi connectivity index (χ3v) is 3.35. The van der Waals surface area contributed by atoms with E-state index in [2.05, 4.69) is 22.8 Å². The molecule has 2 aromatic carbocycles. The number of nitrogens with one attached hydrogen (secondary N) is 2. The molecule has 4 N–H and O–H groups in total. The molecule has 0 bridgehead atoms. The Labute approximate surface area is 131 Å². The van der Waals surface area contributed by atoms with Crippen molar-refractivity contribution in [2.45, 2.75) is 19.3 Å². The van der Waals surface area contributed by atoms with Crippen molar-refractivity contribution in [2.75, 3.05) is 23.7 Å². The average Bonchev–Trinajstić information content (AvgIpc) is 2.55. The van der Waals surface area contributed by atoms with Gasteiger partial charge < -0.3 is 16.4 Å². The molecule has 0 aromatic heterocycles. The number of benzene rings is 2. The van der Waals surface area contributed by atoms with Gasteiger partial charge in [0.15, 0.2) is 0 Å². The van der Waals surface area contributed by atoms with Crippen molar-refractivity contribution in [3.05, 3.63) is 60.2 Å². The van der Waals surface area contributed by atoms with Crippen LogP contribution in [0.2, 0.25) is 0 Å². The van der Waals surface area contributed by atoms with Crippen molar-refractivity contribution in [1.29, 1.82) is 0 Å². The molecular formula is C18H23N3O. The highest BCUT2D eigenvalue weighted by molar-refractivity contribution is 5.90. The average molecular weight is 297 g/mol. The van der Waals surface area contributed by atoms with Gasteiger partial charge in [0.2, 0.25) is 5.91 Å². The molecule has 0 heterocycles. The highest BCUT2D eigenvalue weighted by atomic mass is 16.1. The van der Waals surface area contributed by atoms with Crippen LogP contribution in [0.4, 0.5) is 11.4 Å². The van der Waals surface area contributed by atoms with Gasteiger partial charge in [-0.3, -0.25) is 4.79 Å². The molecule has 0 fully saturated rings. The molecule has 2 aromatic rings. The van der Waals surface area contributed by atoms with Crippen molar-refractivity contribution in [1.82, 2.24) is 0 Å². The Morgan fingerprint density at radius 1 is 0.955 bits per heavy atom. The third-order valence-electron chi connectivity index (χ3n) is 3.35. The molecule has 1 amide bonds. The molecule has 0 atom stereocenters. The topological polar surface area (TPSA) is 67.2 Å². The number of carbonyl (C=O) groups is 1. The zero-order valence-corrected chi connectivity index (χ0v) is 12.7. The van der Waals surface area contributed by atoms with E-state index in [1.807, 2.05) is 42.5 Å². The summed E-state index contributed by atoms with van der Waals surface area (Å²) in [5.41, 5.74) is 8.54. The van der Waals surface area contributed by atoms with Gasteiger partial charge in [0.25, 0.3) is 0 Å². The van der Waals surface area contributed by atoms with Crippen LogP contribution in [0, 0.1) is 0 Å². The number of amides is 1. The number of hydrogen-bond donors (Lipinski definition) is 3. The molecule has 0 aliphatic rings. The summed E-state index contributed by atoms with van der Waals surface area (Å²) in [5.74, 6) is 0.0543. The molecule has 0 spiro atoms. The van der Waals surface area contributed by atoms with Crippen LogP contribution in [-0.2, 0) is 11.2 Å². The lowest BCUT2D eigenvalue weighted by Crippen LogP contribution is -2.13. The van der Waals surface area contributed by atoms with Gasteiger partial charge in [-0.2, -0.15) is 0 Å².